The average Bonchev–Trinajstić information content (AvgIpc) is 2.03. The zero-order chi connectivity index (χ0) is 11.2. The van der Waals surface area contributed by atoms with E-state index in [2.05, 4.69) is 39.2 Å². The van der Waals surface area contributed by atoms with Crippen molar-refractivity contribution in [3.63, 3.8) is 0 Å². The third kappa shape index (κ3) is 4.70. The number of rotatable bonds is 4. The molecule has 0 bridgehead atoms. The summed E-state index contributed by atoms with van der Waals surface area (Å²) in [4.78, 5) is 0. The van der Waals surface area contributed by atoms with E-state index in [1.807, 2.05) is 25.2 Å². The zero-order valence-corrected chi connectivity index (χ0v) is 9.72. The highest BCUT2D eigenvalue weighted by molar-refractivity contribution is 5.25. The van der Waals surface area contributed by atoms with E-state index in [1.165, 1.54) is 0 Å². The number of allylic oxidation sites excluding steroid dienone is 5. The van der Waals surface area contributed by atoms with Crippen molar-refractivity contribution >= 4 is 0 Å². The fourth-order valence-electron chi connectivity index (χ4n) is 0.807. The second-order valence-corrected chi connectivity index (χ2v) is 4.21. The van der Waals surface area contributed by atoms with Crippen molar-refractivity contribution in [1.29, 1.82) is 0 Å². The third-order valence-electron chi connectivity index (χ3n) is 1.84. The Kier molecular flexibility index (Phi) is 5.00. The van der Waals surface area contributed by atoms with Crippen molar-refractivity contribution in [3.05, 3.63) is 48.9 Å². The fourth-order valence-corrected chi connectivity index (χ4v) is 0.807. The van der Waals surface area contributed by atoms with E-state index in [9.17, 15) is 0 Å². The smallest absolute Gasteiger partial charge is 0.0378 e. The molecule has 0 saturated heterocycles. The first-order valence-corrected chi connectivity index (χ1v) is 4.83. The summed E-state index contributed by atoms with van der Waals surface area (Å²) in [6, 6.07) is 0. The quantitative estimate of drug-likeness (QED) is 0.667. The highest BCUT2D eigenvalue weighted by Crippen LogP contribution is 2.21. The van der Waals surface area contributed by atoms with Crippen LogP contribution in [0.5, 0.6) is 0 Å². The van der Waals surface area contributed by atoms with E-state index in [0.717, 1.165) is 11.4 Å². The summed E-state index contributed by atoms with van der Waals surface area (Å²) in [6.07, 6.45) is 7.67. The van der Waals surface area contributed by atoms with Crippen LogP contribution in [0.4, 0.5) is 0 Å². The second-order valence-electron chi connectivity index (χ2n) is 4.21. The van der Waals surface area contributed by atoms with Gasteiger partial charge in [-0.25, -0.2) is 0 Å². The van der Waals surface area contributed by atoms with E-state index >= 15 is 0 Å². The minimum absolute atomic E-state index is 0.0713. The molecule has 0 atom stereocenters. The molecule has 1 heteroatoms. The van der Waals surface area contributed by atoms with Crippen molar-refractivity contribution in [2.75, 3.05) is 0 Å². The Morgan fingerprint density at radius 2 is 1.86 bits per heavy atom. The van der Waals surface area contributed by atoms with Crippen molar-refractivity contribution in [1.82, 2.24) is 5.32 Å². The van der Waals surface area contributed by atoms with Crippen LogP contribution in [-0.4, -0.2) is 0 Å². The van der Waals surface area contributed by atoms with Crippen molar-refractivity contribution in [2.24, 2.45) is 5.41 Å². The van der Waals surface area contributed by atoms with Crippen molar-refractivity contribution in [3.8, 4) is 0 Å². The van der Waals surface area contributed by atoms with Gasteiger partial charge in [0.1, 0.15) is 0 Å². The molecule has 0 rings (SSSR count). The van der Waals surface area contributed by atoms with Crippen LogP contribution in [0.1, 0.15) is 27.7 Å². The molecule has 0 aliphatic heterocycles. The Bertz CT molecular complexity index is 261. The van der Waals surface area contributed by atoms with Crippen LogP contribution in [0.2, 0.25) is 0 Å². The van der Waals surface area contributed by atoms with Crippen LogP contribution in [0.25, 0.3) is 0 Å². The molecule has 0 amide bonds. The summed E-state index contributed by atoms with van der Waals surface area (Å²) in [5.41, 5.74) is 2.09. The molecule has 0 aliphatic rings. The van der Waals surface area contributed by atoms with Crippen LogP contribution in [0.15, 0.2) is 48.9 Å². The minimum atomic E-state index is 0.0713. The van der Waals surface area contributed by atoms with Gasteiger partial charge in [-0.2, -0.15) is 0 Å². The summed E-state index contributed by atoms with van der Waals surface area (Å²) in [5.74, 6) is 0. The van der Waals surface area contributed by atoms with Crippen LogP contribution >= 0.6 is 0 Å². The van der Waals surface area contributed by atoms with Gasteiger partial charge in [0.2, 0.25) is 0 Å². The Hall–Kier alpha value is -1.24. The van der Waals surface area contributed by atoms with E-state index in [0.29, 0.717) is 0 Å². The molecule has 0 spiro atoms. The number of nitrogens with one attached hydrogen (secondary N) is 1. The van der Waals surface area contributed by atoms with Gasteiger partial charge >= 0.3 is 0 Å². The van der Waals surface area contributed by atoms with E-state index in [1.54, 1.807) is 6.08 Å². The lowest BCUT2D eigenvalue weighted by molar-refractivity contribution is 0.478. The van der Waals surface area contributed by atoms with E-state index in [4.69, 9.17) is 0 Å². The van der Waals surface area contributed by atoms with Crippen LogP contribution < -0.4 is 5.32 Å². The van der Waals surface area contributed by atoms with Gasteiger partial charge < -0.3 is 5.32 Å². The highest BCUT2D eigenvalue weighted by Gasteiger charge is 2.14. The topological polar surface area (TPSA) is 12.0 Å². The summed E-state index contributed by atoms with van der Waals surface area (Å²) in [5, 5.41) is 3.27. The molecule has 0 unspecified atom stereocenters. The van der Waals surface area contributed by atoms with Gasteiger partial charge in [0, 0.05) is 16.8 Å². The molecule has 1 N–H and O–H groups in total. The molecule has 14 heavy (non-hydrogen) atoms. The monoisotopic (exact) mass is 191 g/mol. The lowest BCUT2D eigenvalue weighted by Crippen LogP contribution is -2.22. The van der Waals surface area contributed by atoms with Gasteiger partial charge in [-0.1, -0.05) is 46.1 Å². The molecule has 0 radical (unpaired) electrons. The van der Waals surface area contributed by atoms with Gasteiger partial charge in [0.05, 0.1) is 0 Å². The largest absolute Gasteiger partial charge is 0.359 e. The van der Waals surface area contributed by atoms with Crippen LogP contribution in [0.3, 0.4) is 0 Å². The van der Waals surface area contributed by atoms with Gasteiger partial charge in [-0.15, -0.1) is 0 Å². The summed E-state index contributed by atoms with van der Waals surface area (Å²) < 4.78 is 0. The molecule has 0 aromatic heterocycles. The van der Waals surface area contributed by atoms with Gasteiger partial charge in [0.25, 0.3) is 0 Å². The standard InChI is InChI=1S/C13H21N/c1-7-9-12(10-8-2)14-11(3)13(4,5)6/h7-10,14H,1,3H2,2,4-6H3/b10-8-,12-9+. The molecule has 0 aromatic carbocycles. The molecule has 0 heterocycles. The Balaban J connectivity index is 4.55. The maximum absolute atomic E-state index is 4.01. The Labute approximate surface area is 87.9 Å². The lowest BCUT2D eigenvalue weighted by atomic mass is 9.93. The Morgan fingerprint density at radius 1 is 1.29 bits per heavy atom. The van der Waals surface area contributed by atoms with Crippen LogP contribution in [-0.2, 0) is 0 Å². The molecule has 78 valence electrons. The Morgan fingerprint density at radius 3 is 2.21 bits per heavy atom. The minimum Gasteiger partial charge on any atom is -0.359 e. The molecule has 0 fully saturated rings. The SMILES string of the molecule is C=C/C=C(\C=C/C)NC(=C)C(C)(C)C. The normalized spacial score (nSPS) is 13.0. The van der Waals surface area contributed by atoms with Crippen LogP contribution in [0, 0.1) is 5.41 Å². The predicted molar refractivity (Wildman–Crippen MR) is 64.8 cm³/mol. The second kappa shape index (κ2) is 5.48. The van der Waals surface area contributed by atoms with Crippen molar-refractivity contribution in [2.45, 2.75) is 27.7 Å². The lowest BCUT2D eigenvalue weighted by Gasteiger charge is -2.23. The van der Waals surface area contributed by atoms with Gasteiger partial charge in [-0.3, -0.25) is 0 Å². The highest BCUT2D eigenvalue weighted by atomic mass is 14.9. The average molecular weight is 191 g/mol. The first kappa shape index (κ1) is 12.8. The van der Waals surface area contributed by atoms with Gasteiger partial charge in [0.15, 0.2) is 0 Å². The zero-order valence-electron chi connectivity index (χ0n) is 9.72. The summed E-state index contributed by atoms with van der Waals surface area (Å²) in [7, 11) is 0. The molecule has 1 nitrogen and oxygen atoms in total. The first-order valence-electron chi connectivity index (χ1n) is 4.83. The molecular weight excluding hydrogens is 170 g/mol. The van der Waals surface area contributed by atoms with E-state index in [-0.39, 0.29) is 5.41 Å². The molecule has 0 aliphatic carbocycles. The molecule has 0 saturated carbocycles. The fraction of sp³-hybridized carbons (Fsp3) is 0.385. The first-order chi connectivity index (χ1) is 6.41. The maximum atomic E-state index is 4.01. The predicted octanol–water partition coefficient (Wildman–Crippen LogP) is 3.78. The van der Waals surface area contributed by atoms with Crippen molar-refractivity contribution < 1.29 is 0 Å². The summed E-state index contributed by atoms with van der Waals surface area (Å²) in [6.45, 7) is 16.1. The van der Waals surface area contributed by atoms with E-state index < -0.39 is 0 Å². The maximum Gasteiger partial charge on any atom is 0.0378 e. The molecular formula is C13H21N. The number of hydrogen-bond donors (Lipinski definition) is 1. The third-order valence-corrected chi connectivity index (χ3v) is 1.84. The molecule has 0 aromatic rings. The summed E-state index contributed by atoms with van der Waals surface area (Å²) >= 11 is 0. The number of hydrogen-bond acceptors (Lipinski definition) is 1. The van der Waals surface area contributed by atoms with Gasteiger partial charge in [-0.05, 0) is 19.1 Å².